The van der Waals surface area contributed by atoms with Crippen molar-refractivity contribution in [3.63, 3.8) is 0 Å². The Kier molecular flexibility index (Phi) is 76.1. The van der Waals surface area contributed by atoms with Gasteiger partial charge in [0, 0.05) is 51.9 Å². The van der Waals surface area contributed by atoms with Crippen LogP contribution in [0.4, 0.5) is 0 Å². The van der Waals surface area contributed by atoms with Gasteiger partial charge in [-0.3, -0.25) is 28.8 Å². The van der Waals surface area contributed by atoms with Crippen molar-refractivity contribution in [1.29, 1.82) is 0 Å². The van der Waals surface area contributed by atoms with E-state index < -0.39 is 83.3 Å². The van der Waals surface area contributed by atoms with Gasteiger partial charge in [-0.25, -0.2) is 4.79 Å². The minimum Gasteiger partial charge on any atom is -0.495 e. The zero-order valence-corrected chi connectivity index (χ0v) is 85.3. The third-order valence-corrected chi connectivity index (χ3v) is 21.3. The molecule has 2 heterocycles. The fraction of sp³-hybridized carbons (Fsp3) is 0.786. The number of nitrogens with two attached hydrogens (primary N) is 1. The number of benzene rings is 2. The quantitative estimate of drug-likeness (QED) is 0.0291. The van der Waals surface area contributed by atoms with Crippen LogP contribution in [0, 0.1) is 23.2 Å². The van der Waals surface area contributed by atoms with Gasteiger partial charge in [-0.2, -0.15) is 0 Å². The lowest BCUT2D eigenvalue weighted by molar-refractivity contribution is -0.179. The summed E-state index contributed by atoms with van der Waals surface area (Å²) in [7, 11) is 3.13. The number of halogens is 1. The van der Waals surface area contributed by atoms with Gasteiger partial charge in [0.1, 0.15) is 30.0 Å². The molecule has 1 fully saturated rings. The molecule has 806 valence electrons. The SMILES string of the molecule is COCCOCCOCCOCCOCCOCCOCCOCCOCCOCCOCCOCCOCCOCCOCCOCCOCCOCCOCCOCCOCCOCCOCCOCCC(=O)NCCCC[C@H](NC(=O)[C@@H](N)C(C)C)C(=O)NCc1ccc([C@H]2O[C@@H]2[C@@H](C)[C@@H]2C/C=C/C(=O)N[C@H](Cc3ccc(OC)c(Cl)c3)C(=O)NCC(C)(C)C(=O)O[C@@H](CC(C)C)C(=O)O2)cc1. The lowest BCUT2D eigenvalue weighted by Gasteiger charge is -2.29. The monoisotopic (exact) mass is 2020 g/mol. The number of cyclic esters (lactones) is 2. The number of carbonyl (C=O) groups is 7. The second-order valence-electron chi connectivity index (χ2n) is 33.8. The summed E-state index contributed by atoms with van der Waals surface area (Å²) < 4.78 is 156. The van der Waals surface area contributed by atoms with Crippen molar-refractivity contribution in [2.75, 3.05) is 338 Å². The molecule has 0 bridgehead atoms. The summed E-state index contributed by atoms with van der Waals surface area (Å²) in [6.45, 7) is 34.3. The molecule has 2 aliphatic rings. The summed E-state index contributed by atoms with van der Waals surface area (Å²) in [4.78, 5) is 94.8. The molecule has 0 unspecified atom stereocenters. The molecule has 7 N–H and O–H groups in total. The van der Waals surface area contributed by atoms with E-state index in [1.165, 1.54) is 13.2 Å². The second kappa shape index (κ2) is 84.7. The lowest BCUT2D eigenvalue weighted by Crippen LogP contribution is -2.52. The third kappa shape index (κ3) is 65.8. The molecule has 42 heteroatoms. The number of amides is 5. The van der Waals surface area contributed by atoms with Crippen LogP contribution in [0.2, 0.25) is 5.02 Å². The van der Waals surface area contributed by atoms with Crippen LogP contribution in [0.25, 0.3) is 0 Å². The van der Waals surface area contributed by atoms with Crippen molar-refractivity contribution in [3.8, 4) is 5.75 Å². The average Bonchev–Trinajstić information content (AvgIpc) is 1.63. The van der Waals surface area contributed by atoms with Crippen molar-refractivity contribution in [3.05, 3.63) is 76.3 Å². The number of methoxy groups -OCH3 is 2. The van der Waals surface area contributed by atoms with Gasteiger partial charge in [-0.1, -0.05) is 82.6 Å². The zero-order chi connectivity index (χ0) is 101. The Balaban J connectivity index is 0.873. The number of ether oxygens (including phenoxy) is 28. The molecule has 0 spiro atoms. The predicted molar refractivity (Wildman–Crippen MR) is 515 cm³/mol. The Morgan fingerprint density at radius 2 is 0.857 bits per heavy atom. The van der Waals surface area contributed by atoms with Crippen LogP contribution in [0.1, 0.15) is 110 Å². The van der Waals surface area contributed by atoms with Crippen molar-refractivity contribution in [1.82, 2.24) is 26.6 Å². The fourth-order valence-electron chi connectivity index (χ4n) is 12.8. The van der Waals surface area contributed by atoms with Gasteiger partial charge in [-0.15, -0.1) is 0 Å². The summed E-state index contributed by atoms with van der Waals surface area (Å²) in [6.07, 6.45) is 1.77. The number of hydrogen-bond acceptors (Lipinski definition) is 36. The molecular weight excluding hydrogens is 1860 g/mol. The standard InChI is InChI=1S/C98H167ClN6O35/c1-76(2)71-87-96(111)138-85(14-12-15-89(107)104-84(73-80-18-21-86(114-9)82(99)72-80)94(109)103-75-98(6,7)97(112)139-87)78(5)91-92(140-91)81-19-16-79(17-20-81)74-102-93(108)83(105-95(110)90(100)77(3)4)13-10-11-23-101-88(106)22-24-115-27-28-117-31-32-119-35-36-121-39-40-123-43-44-125-47-48-127-51-52-129-55-56-131-59-60-133-63-64-135-67-68-137-70-69-136-66-65-134-62-61-132-58-57-130-54-53-128-50-49-126-46-45-124-42-41-122-38-37-120-34-33-118-30-29-116-26-25-113-8/h12,15-21,72,76-78,83-85,87,90-92H,10-11,13-14,22-71,73-75,100H2,1-9H3,(H,101,106)(H,102,108)(H,103,109)(H,104,107)(H,105,110)/b15-12+/t78-,83-,84+,85-,87-,90-,91+,92+/m0/s1. The molecule has 8 atom stereocenters. The lowest BCUT2D eigenvalue weighted by atomic mass is 9.92. The minimum absolute atomic E-state index is 0.0667. The summed E-state index contributed by atoms with van der Waals surface area (Å²) in [5, 5.41) is 14.6. The summed E-state index contributed by atoms with van der Waals surface area (Å²) in [5.74, 6) is -3.85. The highest BCUT2D eigenvalue weighted by atomic mass is 35.5. The Labute approximate surface area is 833 Å². The Hall–Kier alpha value is -6.48. The van der Waals surface area contributed by atoms with Gasteiger partial charge >= 0.3 is 11.9 Å². The smallest absolute Gasteiger partial charge is 0.347 e. The molecule has 0 aromatic heterocycles. The van der Waals surface area contributed by atoms with E-state index in [1.54, 1.807) is 45.2 Å². The first-order chi connectivity index (χ1) is 68.1. The highest BCUT2D eigenvalue weighted by Gasteiger charge is 2.48. The molecule has 2 aromatic carbocycles. The van der Waals surface area contributed by atoms with Crippen LogP contribution in [0.3, 0.4) is 0 Å². The molecule has 4 rings (SSSR count). The molecular formula is C98H167ClN6O35. The first-order valence-electron chi connectivity index (χ1n) is 49.2. The van der Waals surface area contributed by atoms with Crippen molar-refractivity contribution >= 4 is 53.1 Å². The Morgan fingerprint density at radius 1 is 0.479 bits per heavy atom. The molecule has 2 aliphatic heterocycles. The molecule has 0 radical (unpaired) electrons. The van der Waals surface area contributed by atoms with Crippen LogP contribution >= 0.6 is 11.6 Å². The van der Waals surface area contributed by atoms with Crippen LogP contribution in [0.15, 0.2) is 54.6 Å². The number of unbranched alkanes of at least 4 members (excludes halogenated alkanes) is 1. The molecule has 1 saturated heterocycles. The van der Waals surface area contributed by atoms with Crippen molar-refractivity contribution in [2.24, 2.45) is 28.9 Å². The molecule has 2 aromatic rings. The topological polar surface area (TPSA) is 467 Å². The number of carbonyl (C=O) groups excluding carboxylic acids is 7. The van der Waals surface area contributed by atoms with Crippen LogP contribution in [-0.2, 0) is 174 Å². The zero-order valence-electron chi connectivity index (χ0n) is 84.5. The number of hydrogen-bond donors (Lipinski definition) is 6. The van der Waals surface area contributed by atoms with Gasteiger partial charge in [0.2, 0.25) is 29.5 Å². The first-order valence-corrected chi connectivity index (χ1v) is 49.6. The number of rotatable bonds is 91. The summed E-state index contributed by atoms with van der Waals surface area (Å²) >= 11 is 6.41. The van der Waals surface area contributed by atoms with E-state index in [-0.39, 0.29) is 69.2 Å². The maximum absolute atomic E-state index is 14.1. The summed E-state index contributed by atoms with van der Waals surface area (Å²) in [5.41, 5.74) is 7.15. The van der Waals surface area contributed by atoms with E-state index in [0.717, 1.165) is 11.1 Å². The third-order valence-electron chi connectivity index (χ3n) is 21.0. The van der Waals surface area contributed by atoms with Crippen LogP contribution in [-0.4, -0.2) is 416 Å². The predicted octanol–water partition coefficient (Wildman–Crippen LogP) is 4.91. The van der Waals surface area contributed by atoms with Gasteiger partial charge in [0.25, 0.3) is 0 Å². The van der Waals surface area contributed by atoms with E-state index in [9.17, 15) is 33.6 Å². The second-order valence-corrected chi connectivity index (χ2v) is 34.2. The van der Waals surface area contributed by atoms with E-state index in [1.807, 2.05) is 58.9 Å². The normalized spacial score (nSPS) is 17.3. The van der Waals surface area contributed by atoms with Gasteiger partial charge in [-0.05, 0) is 86.3 Å². The highest BCUT2D eigenvalue weighted by molar-refractivity contribution is 6.32. The van der Waals surface area contributed by atoms with E-state index in [4.69, 9.17) is 150 Å². The van der Waals surface area contributed by atoms with E-state index >= 15 is 0 Å². The van der Waals surface area contributed by atoms with E-state index in [2.05, 4.69) is 26.6 Å². The first kappa shape index (κ1) is 126. The number of nitrogens with one attached hydrogen (secondary N) is 5. The highest BCUT2D eigenvalue weighted by Crippen LogP contribution is 2.45. The molecule has 5 amide bonds. The molecule has 140 heavy (non-hydrogen) atoms. The molecule has 41 nitrogen and oxygen atoms in total. The Morgan fingerprint density at radius 3 is 1.22 bits per heavy atom. The largest absolute Gasteiger partial charge is 0.495 e. The van der Waals surface area contributed by atoms with Crippen molar-refractivity contribution in [2.45, 2.75) is 142 Å². The minimum atomic E-state index is -1.29. The number of epoxide rings is 1. The maximum atomic E-state index is 14.1. The van der Waals surface area contributed by atoms with Gasteiger partial charge in [0.15, 0.2) is 6.10 Å². The molecule has 0 saturated carbocycles. The summed E-state index contributed by atoms with van der Waals surface area (Å²) in [6, 6.07) is 9.75. The van der Waals surface area contributed by atoms with E-state index in [0.29, 0.717) is 346 Å². The van der Waals surface area contributed by atoms with Crippen molar-refractivity contribution < 1.29 is 166 Å². The van der Waals surface area contributed by atoms with Crippen LogP contribution < -0.4 is 37.1 Å². The average molecular weight is 2020 g/mol. The number of esters is 2. The Bertz CT molecular complexity index is 3480. The fourth-order valence-corrected chi connectivity index (χ4v) is 13.1. The van der Waals surface area contributed by atoms with Gasteiger partial charge < -0.3 is 165 Å². The molecule has 0 aliphatic carbocycles. The van der Waals surface area contributed by atoms with Gasteiger partial charge in [0.05, 0.1) is 340 Å². The maximum Gasteiger partial charge on any atom is 0.347 e. The van der Waals surface area contributed by atoms with Crippen LogP contribution in [0.5, 0.6) is 5.75 Å².